The molecule has 136 valence electrons. The van der Waals surface area contributed by atoms with Gasteiger partial charge in [0.1, 0.15) is 0 Å². The molecule has 3 rings (SSSR count). The average molecular weight is 372 g/mol. The Balaban J connectivity index is 2.04. The summed E-state index contributed by atoms with van der Waals surface area (Å²) in [4.78, 5) is 4.11. The topological polar surface area (TPSA) is 70.6 Å². The number of sulfonamides is 1. The number of aromatic nitrogens is 1. The number of hydrogen-bond donors (Lipinski definition) is 0. The molecule has 0 amide bonds. The van der Waals surface area contributed by atoms with Crippen molar-refractivity contribution >= 4 is 20.8 Å². The lowest BCUT2D eigenvalue weighted by Gasteiger charge is -2.17. The van der Waals surface area contributed by atoms with Crippen LogP contribution in [0.15, 0.2) is 53.6 Å². The highest BCUT2D eigenvalue weighted by atomic mass is 32.2. The van der Waals surface area contributed by atoms with Crippen LogP contribution in [0.4, 0.5) is 0 Å². The van der Waals surface area contributed by atoms with E-state index in [0.717, 1.165) is 16.3 Å². The van der Waals surface area contributed by atoms with Crippen LogP contribution >= 0.6 is 0 Å². The van der Waals surface area contributed by atoms with Gasteiger partial charge in [0.15, 0.2) is 33.4 Å². The second-order valence-corrected chi connectivity index (χ2v) is 7.55. The average Bonchev–Trinajstić information content (AvgIpc) is 2.61. The molecular formula is C19H20N2O4S. The zero-order chi connectivity index (χ0) is 18.9. The molecule has 0 saturated carbocycles. The largest absolute Gasteiger partial charge is 0.493 e. The summed E-state index contributed by atoms with van der Waals surface area (Å²) in [6, 6.07) is 12.1. The first kappa shape index (κ1) is 18.0. The summed E-state index contributed by atoms with van der Waals surface area (Å²) >= 11 is 0. The van der Waals surface area contributed by atoms with Gasteiger partial charge in [-0.1, -0.05) is 17.7 Å². The molecule has 0 spiro atoms. The lowest BCUT2D eigenvalue weighted by Crippen LogP contribution is -2.35. The van der Waals surface area contributed by atoms with Crippen LogP contribution < -0.4 is 14.1 Å². The molecule has 0 saturated heterocycles. The van der Waals surface area contributed by atoms with Gasteiger partial charge >= 0.3 is 0 Å². The van der Waals surface area contributed by atoms with E-state index in [1.807, 2.05) is 19.1 Å². The van der Waals surface area contributed by atoms with Crippen LogP contribution in [0.2, 0.25) is 0 Å². The minimum Gasteiger partial charge on any atom is -0.493 e. The predicted molar refractivity (Wildman–Crippen MR) is 99.1 cm³/mol. The molecule has 0 N–H and O–H groups in total. The molecule has 0 unspecified atom stereocenters. The fourth-order valence-electron chi connectivity index (χ4n) is 2.63. The van der Waals surface area contributed by atoms with Crippen LogP contribution in [0.3, 0.4) is 0 Å². The van der Waals surface area contributed by atoms with Crippen LogP contribution in [0.25, 0.3) is 15.6 Å². The van der Waals surface area contributed by atoms with Crippen molar-refractivity contribution in [3.05, 3.63) is 64.7 Å². The molecule has 0 aliphatic rings. The minimum absolute atomic E-state index is 0.155. The molecule has 2 aromatic carbocycles. The Morgan fingerprint density at radius 3 is 2.04 bits per heavy atom. The summed E-state index contributed by atoms with van der Waals surface area (Å²) in [5.41, 5.74) is 1.67. The van der Waals surface area contributed by atoms with E-state index in [0.29, 0.717) is 17.2 Å². The second-order valence-electron chi connectivity index (χ2n) is 5.97. The monoisotopic (exact) mass is 372 g/mol. The normalized spacial score (nSPS) is 11.4. The van der Waals surface area contributed by atoms with Gasteiger partial charge < -0.3 is 14.3 Å². The summed E-state index contributed by atoms with van der Waals surface area (Å²) < 4.78 is 37.2. The van der Waals surface area contributed by atoms with Crippen molar-refractivity contribution < 1.29 is 22.6 Å². The number of benzene rings is 2. The highest BCUT2D eigenvalue weighted by molar-refractivity contribution is 7.93. The molecule has 0 fully saturated rings. The highest BCUT2D eigenvalue weighted by Crippen LogP contribution is 2.32. The second kappa shape index (κ2) is 6.84. The summed E-state index contributed by atoms with van der Waals surface area (Å²) in [5, 5.41) is 1.69. The molecule has 1 heterocycles. The van der Waals surface area contributed by atoms with Gasteiger partial charge in [-0.25, -0.2) is 13.1 Å². The van der Waals surface area contributed by atoms with E-state index < -0.39 is 10.0 Å². The van der Waals surface area contributed by atoms with Crippen LogP contribution in [0, 0.1) is 13.8 Å². The zero-order valence-corrected chi connectivity index (χ0v) is 15.9. The van der Waals surface area contributed by atoms with Gasteiger partial charge in [0.25, 0.3) is 0 Å². The van der Waals surface area contributed by atoms with Gasteiger partial charge in [-0.15, -0.1) is 0 Å². The van der Waals surface area contributed by atoms with E-state index in [-0.39, 0.29) is 4.90 Å². The lowest BCUT2D eigenvalue weighted by molar-refractivity contribution is -0.619. The third kappa shape index (κ3) is 3.43. The van der Waals surface area contributed by atoms with Gasteiger partial charge in [-0.2, -0.15) is 0 Å². The first-order valence-corrected chi connectivity index (χ1v) is 9.41. The van der Waals surface area contributed by atoms with Crippen molar-refractivity contribution in [2.45, 2.75) is 18.7 Å². The van der Waals surface area contributed by atoms with Gasteiger partial charge in [0.2, 0.25) is 0 Å². The van der Waals surface area contributed by atoms with Crippen molar-refractivity contribution in [2.75, 3.05) is 14.2 Å². The quantitative estimate of drug-likeness (QED) is 0.645. The van der Waals surface area contributed by atoms with E-state index in [1.165, 1.54) is 4.68 Å². The molecular weight excluding hydrogens is 352 g/mol. The third-order valence-corrected chi connectivity index (χ3v) is 5.35. The molecule has 0 aliphatic heterocycles. The number of aryl methyl sites for hydroxylation is 2. The number of pyridine rings is 1. The molecule has 0 radical (unpaired) electrons. The van der Waals surface area contributed by atoms with Gasteiger partial charge in [0, 0.05) is 18.4 Å². The molecule has 0 atom stereocenters. The fourth-order valence-corrected chi connectivity index (χ4v) is 3.61. The van der Waals surface area contributed by atoms with Crippen LogP contribution in [0.1, 0.15) is 11.3 Å². The molecule has 1 aromatic heterocycles. The fraction of sp³-hybridized carbons (Fsp3) is 0.211. The van der Waals surface area contributed by atoms with E-state index in [4.69, 9.17) is 9.47 Å². The minimum atomic E-state index is -3.82. The number of nitrogens with zero attached hydrogens (tertiary/aromatic N) is 2. The van der Waals surface area contributed by atoms with Crippen molar-refractivity contribution in [2.24, 2.45) is 0 Å². The number of ether oxygens (including phenoxy) is 2. The predicted octanol–water partition coefficient (Wildman–Crippen LogP) is 3.29. The maximum atomic E-state index is 12.6. The molecule has 26 heavy (non-hydrogen) atoms. The standard InChI is InChI=1S/C19H20N2O4S/c1-13-5-7-17(8-6-13)26(22,23)20-21-12-16-11-19(25-4)18(24-3)10-15(16)9-14(21)2/h5-12H,1-4H3. The Morgan fingerprint density at radius 2 is 1.46 bits per heavy atom. The first-order chi connectivity index (χ1) is 12.3. The third-order valence-electron chi connectivity index (χ3n) is 4.09. The van der Waals surface area contributed by atoms with E-state index >= 15 is 0 Å². The van der Waals surface area contributed by atoms with E-state index in [2.05, 4.69) is 4.83 Å². The van der Waals surface area contributed by atoms with Crippen molar-refractivity contribution in [3.63, 3.8) is 0 Å². The molecule has 6 nitrogen and oxygen atoms in total. The summed E-state index contributed by atoms with van der Waals surface area (Å²) in [6.45, 7) is 3.70. The first-order valence-electron chi connectivity index (χ1n) is 7.97. The van der Waals surface area contributed by atoms with Crippen LogP contribution in [0.5, 0.6) is 11.5 Å². The summed E-state index contributed by atoms with van der Waals surface area (Å²) in [5.74, 6) is 1.18. The summed E-state index contributed by atoms with van der Waals surface area (Å²) in [6.07, 6.45) is 1.67. The molecule has 0 bridgehead atoms. The van der Waals surface area contributed by atoms with Crippen molar-refractivity contribution in [1.82, 2.24) is 0 Å². The van der Waals surface area contributed by atoms with Crippen LogP contribution in [-0.4, -0.2) is 22.6 Å². The number of fused-ring (bicyclic) bond motifs is 1. The number of hydrogen-bond acceptors (Lipinski definition) is 4. The van der Waals surface area contributed by atoms with Crippen LogP contribution in [-0.2, 0) is 10.0 Å². The van der Waals surface area contributed by atoms with Gasteiger partial charge in [-0.05, 0) is 36.6 Å². The maximum Gasteiger partial charge on any atom is 0.175 e. The molecule has 7 heteroatoms. The summed E-state index contributed by atoms with van der Waals surface area (Å²) in [7, 11) is -0.691. The molecule has 0 aliphatic carbocycles. The van der Waals surface area contributed by atoms with E-state index in [1.54, 1.807) is 57.7 Å². The Morgan fingerprint density at radius 1 is 0.885 bits per heavy atom. The SMILES string of the molecule is COc1cc2cc(C)[n+]([N-]S(=O)(=O)c3ccc(C)cc3)cc2cc1OC. The van der Waals surface area contributed by atoms with E-state index in [9.17, 15) is 8.42 Å². The Hall–Kier alpha value is -2.80. The molecule has 3 aromatic rings. The highest BCUT2D eigenvalue weighted by Gasteiger charge is 2.14. The zero-order valence-electron chi connectivity index (χ0n) is 15.1. The maximum absolute atomic E-state index is 12.6. The number of rotatable bonds is 5. The smallest absolute Gasteiger partial charge is 0.175 e. The Kier molecular flexibility index (Phi) is 4.73. The lowest BCUT2D eigenvalue weighted by atomic mass is 10.1. The van der Waals surface area contributed by atoms with Crippen molar-refractivity contribution in [3.8, 4) is 11.5 Å². The number of methoxy groups -OCH3 is 2. The van der Waals surface area contributed by atoms with Gasteiger partial charge in [0.05, 0.1) is 19.1 Å². The Labute approximate surface area is 153 Å². The van der Waals surface area contributed by atoms with Gasteiger partial charge in [-0.3, -0.25) is 0 Å². The Bertz CT molecular complexity index is 1060. The van der Waals surface area contributed by atoms with Crippen molar-refractivity contribution in [1.29, 1.82) is 0 Å².